The van der Waals surface area contributed by atoms with E-state index in [-0.39, 0.29) is 12.4 Å². The van der Waals surface area contributed by atoms with E-state index in [4.69, 9.17) is 0 Å². The zero-order chi connectivity index (χ0) is 12.7. The molecule has 0 radical (unpaired) electrons. The number of hydrogen-bond donors (Lipinski definition) is 1. The Hall–Kier alpha value is -1.93. The Morgan fingerprint density at radius 1 is 1.17 bits per heavy atom. The molecule has 18 heavy (non-hydrogen) atoms. The van der Waals surface area contributed by atoms with Gasteiger partial charge in [0, 0.05) is 5.56 Å². The van der Waals surface area contributed by atoms with Crippen LogP contribution in [0.5, 0.6) is 0 Å². The molecule has 2 aromatic carbocycles. The summed E-state index contributed by atoms with van der Waals surface area (Å²) in [5.41, 5.74) is 6.17. The normalized spacial score (nSPS) is 12.1. The minimum Gasteiger partial charge on any atom is -0.392 e. The predicted molar refractivity (Wildman–Crippen MR) is 70.6 cm³/mol. The van der Waals surface area contributed by atoms with Crippen LogP contribution in [0.3, 0.4) is 0 Å². The van der Waals surface area contributed by atoms with Gasteiger partial charge in [-0.05, 0) is 41.2 Å². The number of benzene rings is 2. The van der Waals surface area contributed by atoms with Crippen LogP contribution >= 0.6 is 0 Å². The standard InChI is InChI=1S/C16H14O2/c1-10(18)12-6-7-14-13-5-3-2-4-11(13)8-15(14)16(12)9-17/h2-7,17H,8-9H2,1H3. The van der Waals surface area contributed by atoms with Gasteiger partial charge in [-0.3, -0.25) is 4.79 Å². The highest BCUT2D eigenvalue weighted by Gasteiger charge is 2.23. The molecule has 0 fully saturated rings. The number of Topliss-reactive ketones (excluding diaryl/α,β-unsaturated/α-hetero) is 1. The first-order valence-corrected chi connectivity index (χ1v) is 6.07. The van der Waals surface area contributed by atoms with Crippen LogP contribution in [0.4, 0.5) is 0 Å². The molecule has 0 atom stereocenters. The van der Waals surface area contributed by atoms with Gasteiger partial charge in [-0.15, -0.1) is 0 Å². The van der Waals surface area contributed by atoms with Gasteiger partial charge in [0.1, 0.15) is 0 Å². The highest BCUT2D eigenvalue weighted by Crippen LogP contribution is 2.39. The minimum atomic E-state index is -0.0773. The molecule has 2 aromatic rings. The average molecular weight is 238 g/mol. The van der Waals surface area contributed by atoms with E-state index in [2.05, 4.69) is 12.1 Å². The van der Waals surface area contributed by atoms with Gasteiger partial charge >= 0.3 is 0 Å². The van der Waals surface area contributed by atoms with Crippen molar-refractivity contribution in [3.05, 3.63) is 58.7 Å². The highest BCUT2D eigenvalue weighted by atomic mass is 16.3. The molecule has 0 amide bonds. The van der Waals surface area contributed by atoms with E-state index in [1.807, 2.05) is 24.3 Å². The fourth-order valence-electron chi connectivity index (χ4n) is 2.79. The summed E-state index contributed by atoms with van der Waals surface area (Å²) in [5.74, 6) is 0.0119. The molecule has 1 aliphatic rings. The third-order valence-corrected chi connectivity index (χ3v) is 3.64. The van der Waals surface area contributed by atoms with Crippen LogP contribution in [0, 0.1) is 0 Å². The number of ketones is 1. The molecule has 0 heterocycles. The van der Waals surface area contributed by atoms with Crippen molar-refractivity contribution in [3.8, 4) is 11.1 Å². The van der Waals surface area contributed by atoms with Crippen LogP contribution in [0.15, 0.2) is 36.4 Å². The Morgan fingerprint density at radius 2 is 1.94 bits per heavy atom. The van der Waals surface area contributed by atoms with E-state index in [0.29, 0.717) is 5.56 Å². The van der Waals surface area contributed by atoms with E-state index >= 15 is 0 Å². The van der Waals surface area contributed by atoms with E-state index in [9.17, 15) is 9.90 Å². The summed E-state index contributed by atoms with van der Waals surface area (Å²) in [4.78, 5) is 11.6. The lowest BCUT2D eigenvalue weighted by atomic mass is 9.95. The van der Waals surface area contributed by atoms with Gasteiger partial charge in [-0.25, -0.2) is 0 Å². The smallest absolute Gasteiger partial charge is 0.160 e. The second-order valence-corrected chi connectivity index (χ2v) is 4.67. The van der Waals surface area contributed by atoms with E-state index < -0.39 is 0 Å². The number of rotatable bonds is 2. The summed E-state index contributed by atoms with van der Waals surface area (Å²) >= 11 is 0. The number of hydrogen-bond acceptors (Lipinski definition) is 2. The van der Waals surface area contributed by atoms with Crippen molar-refractivity contribution in [1.29, 1.82) is 0 Å². The lowest BCUT2D eigenvalue weighted by Crippen LogP contribution is -2.03. The van der Waals surface area contributed by atoms with Gasteiger partial charge in [0.05, 0.1) is 6.61 Å². The Labute approximate surface area is 106 Å². The second-order valence-electron chi connectivity index (χ2n) is 4.67. The molecule has 0 unspecified atom stereocenters. The molecule has 2 nitrogen and oxygen atoms in total. The molecule has 2 heteroatoms. The fourth-order valence-corrected chi connectivity index (χ4v) is 2.79. The quantitative estimate of drug-likeness (QED) is 0.697. The Morgan fingerprint density at radius 3 is 2.67 bits per heavy atom. The monoisotopic (exact) mass is 238 g/mol. The molecule has 0 spiro atoms. The molecule has 0 saturated heterocycles. The van der Waals surface area contributed by atoms with Gasteiger partial charge < -0.3 is 5.11 Å². The van der Waals surface area contributed by atoms with Crippen LogP contribution in [-0.2, 0) is 13.0 Å². The van der Waals surface area contributed by atoms with Crippen molar-refractivity contribution in [2.24, 2.45) is 0 Å². The molecular weight excluding hydrogens is 224 g/mol. The lowest BCUT2D eigenvalue weighted by molar-refractivity contribution is 0.101. The van der Waals surface area contributed by atoms with Crippen LogP contribution in [0.1, 0.15) is 34.0 Å². The maximum absolute atomic E-state index is 11.6. The second kappa shape index (κ2) is 4.07. The van der Waals surface area contributed by atoms with Crippen LogP contribution < -0.4 is 0 Å². The summed E-state index contributed by atoms with van der Waals surface area (Å²) in [6.45, 7) is 1.47. The molecule has 1 N–H and O–H groups in total. The summed E-state index contributed by atoms with van der Waals surface area (Å²) in [7, 11) is 0. The summed E-state index contributed by atoms with van der Waals surface area (Å²) in [5, 5.41) is 9.56. The van der Waals surface area contributed by atoms with E-state index in [1.165, 1.54) is 11.1 Å². The third kappa shape index (κ3) is 1.50. The molecule has 1 aliphatic carbocycles. The van der Waals surface area contributed by atoms with Crippen molar-refractivity contribution in [1.82, 2.24) is 0 Å². The van der Waals surface area contributed by atoms with Crippen molar-refractivity contribution >= 4 is 5.78 Å². The van der Waals surface area contributed by atoms with Gasteiger partial charge in [0.25, 0.3) is 0 Å². The largest absolute Gasteiger partial charge is 0.392 e. The Bertz CT molecular complexity index is 642. The summed E-state index contributed by atoms with van der Waals surface area (Å²) in [6, 6.07) is 12.1. The number of carbonyl (C=O) groups excluding carboxylic acids is 1. The molecular formula is C16H14O2. The molecule has 3 rings (SSSR count). The average Bonchev–Trinajstić information content (AvgIpc) is 2.75. The maximum Gasteiger partial charge on any atom is 0.160 e. The first-order chi connectivity index (χ1) is 8.72. The van der Waals surface area contributed by atoms with Gasteiger partial charge in [-0.2, -0.15) is 0 Å². The van der Waals surface area contributed by atoms with Crippen molar-refractivity contribution < 1.29 is 9.90 Å². The molecule has 0 saturated carbocycles. The van der Waals surface area contributed by atoms with Gasteiger partial charge in [0.15, 0.2) is 5.78 Å². The zero-order valence-corrected chi connectivity index (χ0v) is 10.2. The van der Waals surface area contributed by atoms with E-state index in [0.717, 1.165) is 23.1 Å². The lowest BCUT2D eigenvalue weighted by Gasteiger charge is -2.10. The first-order valence-electron chi connectivity index (χ1n) is 6.07. The number of aliphatic hydroxyl groups excluding tert-OH is 1. The highest BCUT2D eigenvalue weighted by molar-refractivity contribution is 5.97. The third-order valence-electron chi connectivity index (χ3n) is 3.64. The Kier molecular flexibility index (Phi) is 2.53. The summed E-state index contributed by atoms with van der Waals surface area (Å²) in [6.07, 6.45) is 0.808. The summed E-state index contributed by atoms with van der Waals surface area (Å²) < 4.78 is 0. The van der Waals surface area contributed by atoms with Crippen molar-refractivity contribution in [2.45, 2.75) is 20.0 Å². The molecule has 0 bridgehead atoms. The fraction of sp³-hybridized carbons (Fsp3) is 0.188. The van der Waals surface area contributed by atoms with Gasteiger partial charge in [0.2, 0.25) is 0 Å². The predicted octanol–water partition coefficient (Wildman–Crippen LogP) is 2.95. The molecule has 90 valence electrons. The van der Waals surface area contributed by atoms with Crippen LogP contribution in [0.2, 0.25) is 0 Å². The number of carbonyl (C=O) groups is 1. The van der Waals surface area contributed by atoms with Crippen LogP contribution in [0.25, 0.3) is 11.1 Å². The number of fused-ring (bicyclic) bond motifs is 3. The zero-order valence-electron chi connectivity index (χ0n) is 10.2. The first kappa shape index (κ1) is 11.2. The topological polar surface area (TPSA) is 37.3 Å². The number of aliphatic hydroxyl groups is 1. The Balaban J connectivity index is 2.26. The minimum absolute atomic E-state index is 0.0119. The van der Waals surface area contributed by atoms with E-state index in [1.54, 1.807) is 6.92 Å². The molecule has 0 aromatic heterocycles. The maximum atomic E-state index is 11.6. The SMILES string of the molecule is CC(=O)c1ccc2c(c1CO)Cc1ccccc1-2. The van der Waals surface area contributed by atoms with Crippen molar-refractivity contribution in [3.63, 3.8) is 0 Å². The van der Waals surface area contributed by atoms with Crippen LogP contribution in [-0.4, -0.2) is 10.9 Å². The molecule has 0 aliphatic heterocycles. The van der Waals surface area contributed by atoms with Gasteiger partial charge in [-0.1, -0.05) is 36.4 Å². The van der Waals surface area contributed by atoms with Crippen molar-refractivity contribution in [2.75, 3.05) is 0 Å².